The molecule has 98 valence electrons. The van der Waals surface area contributed by atoms with Crippen LogP contribution in [0.15, 0.2) is 11.1 Å². The maximum atomic E-state index is 10.6. The summed E-state index contributed by atoms with van der Waals surface area (Å²) < 4.78 is 0. The average Bonchev–Trinajstić information content (AvgIpc) is 2.51. The fraction of sp³-hybridized carbons (Fsp3) is 0.867. The van der Waals surface area contributed by atoms with Gasteiger partial charge in [0.15, 0.2) is 0 Å². The van der Waals surface area contributed by atoms with Crippen molar-refractivity contribution in [1.29, 1.82) is 0 Å². The summed E-state index contributed by atoms with van der Waals surface area (Å²) in [5, 5.41) is 20.9. The monoisotopic (exact) mass is 238 g/mol. The van der Waals surface area contributed by atoms with Gasteiger partial charge >= 0.3 is 0 Å². The number of hydrogen-bond donors (Lipinski definition) is 2. The van der Waals surface area contributed by atoms with Gasteiger partial charge in [-0.15, -0.1) is 0 Å². The first-order chi connectivity index (χ1) is 7.82. The lowest BCUT2D eigenvalue weighted by Crippen LogP contribution is -2.40. The van der Waals surface area contributed by atoms with Crippen LogP contribution in [0, 0.1) is 17.8 Å². The lowest BCUT2D eigenvalue weighted by molar-refractivity contribution is -0.0397. The molecule has 0 aromatic heterocycles. The van der Waals surface area contributed by atoms with Crippen molar-refractivity contribution in [3.8, 4) is 0 Å². The second-order valence-electron chi connectivity index (χ2n) is 6.60. The van der Waals surface area contributed by atoms with Crippen LogP contribution in [0.3, 0.4) is 0 Å². The van der Waals surface area contributed by atoms with Gasteiger partial charge in [0.1, 0.15) is 0 Å². The molecule has 0 fully saturated rings. The molecule has 2 nitrogen and oxygen atoms in total. The fourth-order valence-corrected chi connectivity index (χ4v) is 3.72. The van der Waals surface area contributed by atoms with E-state index in [0.29, 0.717) is 11.8 Å². The topological polar surface area (TPSA) is 40.5 Å². The molecule has 0 amide bonds. The van der Waals surface area contributed by atoms with Gasteiger partial charge in [-0.2, -0.15) is 0 Å². The molecule has 0 saturated heterocycles. The highest BCUT2D eigenvalue weighted by Crippen LogP contribution is 2.46. The molecule has 0 spiro atoms. The summed E-state index contributed by atoms with van der Waals surface area (Å²) in [5.41, 5.74) is 1.95. The van der Waals surface area contributed by atoms with Gasteiger partial charge in [-0.3, -0.25) is 0 Å². The zero-order valence-corrected chi connectivity index (χ0v) is 11.5. The van der Waals surface area contributed by atoms with Crippen molar-refractivity contribution in [2.45, 2.75) is 65.1 Å². The van der Waals surface area contributed by atoms with Crippen molar-refractivity contribution < 1.29 is 10.2 Å². The predicted octanol–water partition coefficient (Wildman–Crippen LogP) is 2.89. The second-order valence-corrected chi connectivity index (χ2v) is 6.60. The Hall–Kier alpha value is -0.340. The van der Waals surface area contributed by atoms with Crippen LogP contribution in [-0.2, 0) is 0 Å². The Morgan fingerprint density at radius 1 is 1.06 bits per heavy atom. The lowest BCUT2D eigenvalue weighted by atomic mass is 9.79. The Labute approximate surface area is 105 Å². The Balaban J connectivity index is 2.35. The zero-order valence-electron chi connectivity index (χ0n) is 11.5. The summed E-state index contributed by atoms with van der Waals surface area (Å²) in [6.45, 7) is 8.14. The molecule has 0 unspecified atom stereocenters. The van der Waals surface area contributed by atoms with E-state index in [0.717, 1.165) is 19.3 Å². The molecule has 0 saturated carbocycles. The molecule has 0 aromatic carbocycles. The number of rotatable bonds is 1. The first-order valence-electron chi connectivity index (χ1n) is 6.95. The maximum absolute atomic E-state index is 10.6. The van der Waals surface area contributed by atoms with Gasteiger partial charge in [0.05, 0.1) is 11.7 Å². The van der Waals surface area contributed by atoms with Crippen LogP contribution in [0.5, 0.6) is 0 Å². The first kappa shape index (κ1) is 13.1. The van der Waals surface area contributed by atoms with Crippen molar-refractivity contribution in [3.63, 3.8) is 0 Å². The summed E-state index contributed by atoms with van der Waals surface area (Å²) in [6.07, 6.45) is 3.90. The van der Waals surface area contributed by atoms with E-state index in [4.69, 9.17) is 0 Å². The Morgan fingerprint density at radius 2 is 1.71 bits per heavy atom. The summed E-state index contributed by atoms with van der Waals surface area (Å²) >= 11 is 0. The minimum atomic E-state index is -0.788. The molecule has 2 N–H and O–H groups in total. The van der Waals surface area contributed by atoms with Crippen LogP contribution in [-0.4, -0.2) is 21.9 Å². The molecule has 0 aromatic rings. The quantitative estimate of drug-likeness (QED) is 0.690. The second kappa shape index (κ2) is 4.40. The molecule has 17 heavy (non-hydrogen) atoms. The highest BCUT2D eigenvalue weighted by molar-refractivity contribution is 5.30. The van der Waals surface area contributed by atoms with E-state index >= 15 is 0 Å². The Bertz CT molecular complexity index is 324. The van der Waals surface area contributed by atoms with Gasteiger partial charge in [-0.05, 0) is 56.9 Å². The predicted molar refractivity (Wildman–Crippen MR) is 69.6 cm³/mol. The SMILES string of the molecule is C[C@@H]1CC[C@@H](C(C)(C)O)[C@H](O)C2=C1CC[C@H]2C. The van der Waals surface area contributed by atoms with E-state index < -0.39 is 11.7 Å². The van der Waals surface area contributed by atoms with Crippen LogP contribution in [0.1, 0.15) is 53.4 Å². The van der Waals surface area contributed by atoms with Crippen molar-refractivity contribution in [2.75, 3.05) is 0 Å². The number of aliphatic hydroxyl groups is 2. The van der Waals surface area contributed by atoms with Crippen LogP contribution >= 0.6 is 0 Å². The van der Waals surface area contributed by atoms with E-state index in [2.05, 4.69) is 13.8 Å². The molecule has 0 bridgehead atoms. The number of aliphatic hydroxyl groups excluding tert-OH is 1. The molecule has 2 rings (SSSR count). The zero-order chi connectivity index (χ0) is 12.8. The average molecular weight is 238 g/mol. The minimum absolute atomic E-state index is 0.0157. The van der Waals surface area contributed by atoms with Gasteiger partial charge < -0.3 is 10.2 Å². The highest BCUT2D eigenvalue weighted by atomic mass is 16.3. The van der Waals surface area contributed by atoms with Crippen LogP contribution < -0.4 is 0 Å². The van der Waals surface area contributed by atoms with Crippen molar-refractivity contribution in [3.05, 3.63) is 11.1 Å². The number of hydrogen-bond acceptors (Lipinski definition) is 2. The van der Waals surface area contributed by atoms with Gasteiger partial charge in [0.2, 0.25) is 0 Å². The van der Waals surface area contributed by atoms with Crippen molar-refractivity contribution in [1.82, 2.24) is 0 Å². The summed E-state index contributed by atoms with van der Waals surface area (Å²) in [4.78, 5) is 0. The molecular formula is C15H26O2. The Kier molecular flexibility index (Phi) is 3.39. The largest absolute Gasteiger partial charge is 0.390 e. The summed E-state index contributed by atoms with van der Waals surface area (Å²) in [5.74, 6) is 1.06. The first-order valence-corrected chi connectivity index (χ1v) is 6.95. The molecule has 2 aliphatic rings. The van der Waals surface area contributed by atoms with Crippen molar-refractivity contribution >= 4 is 0 Å². The third kappa shape index (κ3) is 2.30. The molecular weight excluding hydrogens is 212 g/mol. The van der Waals surface area contributed by atoms with E-state index in [1.165, 1.54) is 17.6 Å². The van der Waals surface area contributed by atoms with Gasteiger partial charge in [-0.1, -0.05) is 19.4 Å². The van der Waals surface area contributed by atoms with Crippen LogP contribution in [0.4, 0.5) is 0 Å². The molecule has 0 radical (unpaired) electrons. The summed E-state index contributed by atoms with van der Waals surface area (Å²) in [7, 11) is 0. The lowest BCUT2D eigenvalue weighted by Gasteiger charge is -2.34. The smallest absolute Gasteiger partial charge is 0.0810 e. The van der Waals surface area contributed by atoms with E-state index in [9.17, 15) is 10.2 Å². The third-order valence-electron chi connectivity index (χ3n) is 4.86. The minimum Gasteiger partial charge on any atom is -0.390 e. The molecule has 2 heteroatoms. The summed E-state index contributed by atoms with van der Waals surface area (Å²) in [6, 6.07) is 0. The highest BCUT2D eigenvalue weighted by Gasteiger charge is 2.41. The van der Waals surface area contributed by atoms with Crippen LogP contribution in [0.2, 0.25) is 0 Å². The van der Waals surface area contributed by atoms with Crippen LogP contribution in [0.25, 0.3) is 0 Å². The van der Waals surface area contributed by atoms with Crippen molar-refractivity contribution in [2.24, 2.45) is 17.8 Å². The molecule has 4 atom stereocenters. The number of allylic oxidation sites excluding steroid dienone is 1. The molecule has 2 aliphatic carbocycles. The van der Waals surface area contributed by atoms with Gasteiger partial charge in [0, 0.05) is 5.92 Å². The Morgan fingerprint density at radius 3 is 2.29 bits per heavy atom. The normalized spacial score (nSPS) is 39.2. The third-order valence-corrected chi connectivity index (χ3v) is 4.86. The maximum Gasteiger partial charge on any atom is 0.0810 e. The van der Waals surface area contributed by atoms with E-state index in [1.807, 2.05) is 13.8 Å². The fourth-order valence-electron chi connectivity index (χ4n) is 3.72. The van der Waals surface area contributed by atoms with Gasteiger partial charge in [0.25, 0.3) is 0 Å². The molecule has 0 heterocycles. The standard InChI is InChI=1S/C15H26O2/c1-9-6-8-12(15(3,4)17)14(16)13-10(2)5-7-11(9)13/h9-10,12,14,16-17H,5-8H2,1-4H3/t9-,10-,12-,14+/m1/s1. The van der Waals surface area contributed by atoms with E-state index in [-0.39, 0.29) is 5.92 Å². The molecule has 0 aliphatic heterocycles. The van der Waals surface area contributed by atoms with E-state index in [1.54, 1.807) is 0 Å². The van der Waals surface area contributed by atoms with Gasteiger partial charge in [-0.25, -0.2) is 0 Å².